The summed E-state index contributed by atoms with van der Waals surface area (Å²) in [6.45, 7) is 1.88. The molecule has 0 aliphatic carbocycles. The van der Waals surface area contributed by atoms with Crippen molar-refractivity contribution in [1.29, 1.82) is 0 Å². The predicted octanol–water partition coefficient (Wildman–Crippen LogP) is 3.73. The number of hydrogen-bond donors (Lipinski definition) is 1. The second-order valence-electron chi connectivity index (χ2n) is 4.93. The molecule has 0 amide bonds. The van der Waals surface area contributed by atoms with Crippen LogP contribution in [0.2, 0.25) is 0 Å². The zero-order chi connectivity index (χ0) is 16.0. The van der Waals surface area contributed by atoms with Crippen molar-refractivity contribution in [2.75, 3.05) is 0 Å². The Hall–Kier alpha value is -2.74. The van der Waals surface area contributed by atoms with E-state index >= 15 is 0 Å². The standard InChI is InChI=1S/C15H9F2N5S/c1-7-15(23-6-18-7)11-4-2-3-10(19-11)8-5-9(16)13-14(12(8)17)21-22-20-13/h2-6H,1H3,(H,20,21,22). The van der Waals surface area contributed by atoms with E-state index in [9.17, 15) is 8.78 Å². The van der Waals surface area contributed by atoms with Gasteiger partial charge in [-0.2, -0.15) is 0 Å². The topological polar surface area (TPSA) is 67.3 Å². The minimum absolute atomic E-state index is 0.0490. The first kappa shape index (κ1) is 13.9. The Morgan fingerprint density at radius 1 is 1.17 bits per heavy atom. The Morgan fingerprint density at radius 3 is 2.78 bits per heavy atom. The van der Waals surface area contributed by atoms with Crippen molar-refractivity contribution in [2.24, 2.45) is 0 Å². The molecule has 23 heavy (non-hydrogen) atoms. The van der Waals surface area contributed by atoms with Crippen LogP contribution in [0, 0.1) is 18.6 Å². The molecule has 1 aromatic carbocycles. The van der Waals surface area contributed by atoms with Crippen LogP contribution >= 0.6 is 11.3 Å². The maximum absolute atomic E-state index is 14.6. The number of aryl methyl sites for hydroxylation is 1. The molecule has 0 aliphatic rings. The molecule has 1 N–H and O–H groups in total. The van der Waals surface area contributed by atoms with E-state index < -0.39 is 11.6 Å². The minimum Gasteiger partial charge on any atom is -0.254 e. The summed E-state index contributed by atoms with van der Waals surface area (Å²) in [5, 5.41) is 9.39. The van der Waals surface area contributed by atoms with E-state index in [0.717, 1.165) is 16.6 Å². The number of nitrogens with one attached hydrogen (secondary N) is 1. The third-order valence-corrected chi connectivity index (χ3v) is 4.46. The van der Waals surface area contributed by atoms with Gasteiger partial charge in [-0.25, -0.2) is 18.7 Å². The Balaban J connectivity index is 1.92. The quantitative estimate of drug-likeness (QED) is 0.608. The maximum atomic E-state index is 14.6. The largest absolute Gasteiger partial charge is 0.254 e. The molecule has 0 unspecified atom stereocenters. The van der Waals surface area contributed by atoms with E-state index in [4.69, 9.17) is 0 Å². The van der Waals surface area contributed by atoms with Crippen LogP contribution in [0.25, 0.3) is 32.9 Å². The third kappa shape index (κ3) is 2.18. The fourth-order valence-corrected chi connectivity index (χ4v) is 3.16. The van der Waals surface area contributed by atoms with E-state index in [0.29, 0.717) is 11.4 Å². The lowest BCUT2D eigenvalue weighted by Crippen LogP contribution is -1.94. The van der Waals surface area contributed by atoms with Crippen LogP contribution in [0.5, 0.6) is 0 Å². The first-order chi connectivity index (χ1) is 11.1. The highest BCUT2D eigenvalue weighted by molar-refractivity contribution is 7.13. The third-order valence-electron chi connectivity index (χ3n) is 3.51. The average molecular weight is 329 g/mol. The molecule has 114 valence electrons. The van der Waals surface area contributed by atoms with Crippen LogP contribution in [-0.2, 0) is 0 Å². The summed E-state index contributed by atoms with van der Waals surface area (Å²) < 4.78 is 28.7. The highest BCUT2D eigenvalue weighted by atomic mass is 32.1. The Kier molecular flexibility index (Phi) is 3.12. The number of H-pyrrole nitrogens is 1. The lowest BCUT2D eigenvalue weighted by Gasteiger charge is -2.06. The number of aromatic nitrogens is 5. The zero-order valence-corrected chi connectivity index (χ0v) is 12.7. The molecule has 3 heterocycles. The van der Waals surface area contributed by atoms with Gasteiger partial charge in [-0.1, -0.05) is 11.3 Å². The van der Waals surface area contributed by atoms with Gasteiger partial charge >= 0.3 is 0 Å². The van der Waals surface area contributed by atoms with Gasteiger partial charge in [0, 0.05) is 5.56 Å². The van der Waals surface area contributed by atoms with E-state index in [2.05, 4.69) is 25.4 Å². The molecule has 3 aromatic heterocycles. The highest BCUT2D eigenvalue weighted by Gasteiger charge is 2.18. The fraction of sp³-hybridized carbons (Fsp3) is 0.0667. The van der Waals surface area contributed by atoms with E-state index in [-0.39, 0.29) is 16.6 Å². The number of pyridine rings is 1. The van der Waals surface area contributed by atoms with Crippen molar-refractivity contribution in [3.05, 3.63) is 47.1 Å². The van der Waals surface area contributed by atoms with Crippen LogP contribution < -0.4 is 0 Å². The Labute approximate surface area is 133 Å². The smallest absolute Gasteiger partial charge is 0.162 e. The molecule has 0 saturated heterocycles. The van der Waals surface area contributed by atoms with Crippen LogP contribution in [0.3, 0.4) is 0 Å². The minimum atomic E-state index is -0.652. The van der Waals surface area contributed by atoms with Crippen molar-refractivity contribution >= 4 is 22.4 Å². The first-order valence-corrected chi connectivity index (χ1v) is 7.60. The van der Waals surface area contributed by atoms with Gasteiger partial charge in [0.25, 0.3) is 0 Å². The van der Waals surface area contributed by atoms with Gasteiger partial charge in [0.15, 0.2) is 17.2 Å². The molecule has 0 radical (unpaired) electrons. The van der Waals surface area contributed by atoms with Gasteiger partial charge < -0.3 is 0 Å². The van der Waals surface area contributed by atoms with Gasteiger partial charge in [-0.15, -0.1) is 16.4 Å². The van der Waals surface area contributed by atoms with Crippen molar-refractivity contribution in [2.45, 2.75) is 6.92 Å². The SMILES string of the molecule is Cc1ncsc1-c1cccc(-c2cc(F)c3[nH]nnc3c2F)n1. The molecule has 0 spiro atoms. The molecular weight excluding hydrogens is 320 g/mol. The average Bonchev–Trinajstić information content (AvgIpc) is 3.20. The lowest BCUT2D eigenvalue weighted by molar-refractivity contribution is 0.617. The molecule has 4 rings (SSSR count). The monoisotopic (exact) mass is 329 g/mol. The second kappa shape index (κ2) is 5.17. The van der Waals surface area contributed by atoms with Gasteiger partial charge in [0.05, 0.1) is 27.5 Å². The number of thiazole rings is 1. The van der Waals surface area contributed by atoms with Crippen LogP contribution in [-0.4, -0.2) is 25.4 Å². The first-order valence-electron chi connectivity index (χ1n) is 6.72. The summed E-state index contributed by atoms with van der Waals surface area (Å²) in [7, 11) is 0. The fourth-order valence-electron chi connectivity index (χ4n) is 2.38. The summed E-state index contributed by atoms with van der Waals surface area (Å²) in [5.41, 5.74) is 3.42. The molecule has 0 aliphatic heterocycles. The normalized spacial score (nSPS) is 11.3. The second-order valence-corrected chi connectivity index (χ2v) is 5.79. The number of nitrogens with zero attached hydrogens (tertiary/aromatic N) is 4. The summed E-state index contributed by atoms with van der Waals surface area (Å²) >= 11 is 1.45. The van der Waals surface area contributed by atoms with Gasteiger partial charge in [-0.05, 0) is 25.1 Å². The van der Waals surface area contributed by atoms with E-state index in [1.165, 1.54) is 11.3 Å². The van der Waals surface area contributed by atoms with E-state index in [1.807, 2.05) is 13.0 Å². The van der Waals surface area contributed by atoms with Crippen molar-refractivity contribution in [3.8, 4) is 21.8 Å². The van der Waals surface area contributed by atoms with Crippen molar-refractivity contribution < 1.29 is 8.78 Å². The Bertz CT molecular complexity index is 1020. The van der Waals surface area contributed by atoms with Gasteiger partial charge in [-0.3, -0.25) is 5.10 Å². The van der Waals surface area contributed by atoms with E-state index in [1.54, 1.807) is 17.6 Å². The number of halogens is 2. The molecule has 0 atom stereocenters. The number of rotatable bonds is 2. The number of hydrogen-bond acceptors (Lipinski definition) is 5. The van der Waals surface area contributed by atoms with Crippen LogP contribution in [0.4, 0.5) is 8.78 Å². The molecule has 0 saturated carbocycles. The highest BCUT2D eigenvalue weighted by Crippen LogP contribution is 2.31. The van der Waals surface area contributed by atoms with Crippen LogP contribution in [0.15, 0.2) is 29.8 Å². The summed E-state index contributed by atoms with van der Waals surface area (Å²) in [6, 6.07) is 6.29. The number of benzene rings is 1. The van der Waals surface area contributed by atoms with Crippen LogP contribution in [0.1, 0.15) is 5.69 Å². The predicted molar refractivity (Wildman–Crippen MR) is 82.9 cm³/mol. The molecule has 8 heteroatoms. The van der Waals surface area contributed by atoms with Crippen molar-refractivity contribution in [3.63, 3.8) is 0 Å². The maximum Gasteiger partial charge on any atom is 0.162 e. The number of fused-ring (bicyclic) bond motifs is 1. The summed E-state index contributed by atoms with van der Waals surface area (Å²) in [4.78, 5) is 9.53. The summed E-state index contributed by atoms with van der Waals surface area (Å²) in [5.74, 6) is -1.27. The van der Waals surface area contributed by atoms with Crippen molar-refractivity contribution in [1.82, 2.24) is 25.4 Å². The Morgan fingerprint density at radius 2 is 2.00 bits per heavy atom. The van der Waals surface area contributed by atoms with Gasteiger partial charge in [0.2, 0.25) is 0 Å². The zero-order valence-electron chi connectivity index (χ0n) is 11.8. The molecule has 5 nitrogen and oxygen atoms in total. The van der Waals surface area contributed by atoms with Gasteiger partial charge in [0.1, 0.15) is 5.52 Å². The molecule has 0 bridgehead atoms. The molecule has 0 fully saturated rings. The molecule has 4 aromatic rings. The summed E-state index contributed by atoms with van der Waals surface area (Å²) in [6.07, 6.45) is 0. The number of aromatic amines is 1. The lowest BCUT2D eigenvalue weighted by atomic mass is 10.1. The molecular formula is C15H9F2N5S.